The van der Waals surface area contributed by atoms with Crippen molar-refractivity contribution in [2.24, 2.45) is 0 Å². The Morgan fingerprint density at radius 3 is 2.73 bits per heavy atom. The summed E-state index contributed by atoms with van der Waals surface area (Å²) in [4.78, 5) is 0. The van der Waals surface area contributed by atoms with Crippen LogP contribution < -0.4 is 0 Å². The number of aliphatic hydroxyl groups is 2. The monoisotopic (exact) mass is 176 g/mol. The SMILES string of the molecule is OCCc1oc(Cl)cc1CO. The normalized spacial score (nSPS) is 10.5. The highest BCUT2D eigenvalue weighted by atomic mass is 35.5. The second-order valence-electron chi connectivity index (χ2n) is 2.13. The van der Waals surface area contributed by atoms with Crippen LogP contribution >= 0.6 is 11.6 Å². The molecule has 0 aromatic carbocycles. The molecule has 0 fully saturated rings. The first-order valence-corrected chi connectivity index (χ1v) is 3.64. The minimum absolute atomic E-state index is 0.00313. The predicted octanol–water partition coefficient (Wildman–Crippen LogP) is 0.960. The zero-order valence-corrected chi connectivity index (χ0v) is 6.64. The van der Waals surface area contributed by atoms with Crippen molar-refractivity contribution in [1.29, 1.82) is 0 Å². The topological polar surface area (TPSA) is 53.6 Å². The van der Waals surface area contributed by atoms with Gasteiger partial charge in [-0.1, -0.05) is 0 Å². The third kappa shape index (κ3) is 1.96. The second-order valence-corrected chi connectivity index (χ2v) is 2.50. The number of halogens is 1. The third-order valence-corrected chi connectivity index (χ3v) is 1.56. The summed E-state index contributed by atoms with van der Waals surface area (Å²) in [6.07, 6.45) is 0.391. The molecule has 0 saturated carbocycles. The van der Waals surface area contributed by atoms with Gasteiger partial charge in [0.15, 0.2) is 5.22 Å². The van der Waals surface area contributed by atoms with Crippen molar-refractivity contribution < 1.29 is 14.6 Å². The zero-order valence-electron chi connectivity index (χ0n) is 5.88. The van der Waals surface area contributed by atoms with E-state index >= 15 is 0 Å². The highest BCUT2D eigenvalue weighted by Gasteiger charge is 2.07. The highest BCUT2D eigenvalue weighted by molar-refractivity contribution is 6.28. The molecule has 0 saturated heterocycles. The van der Waals surface area contributed by atoms with Crippen LogP contribution in [0.1, 0.15) is 11.3 Å². The molecular weight excluding hydrogens is 168 g/mol. The average molecular weight is 177 g/mol. The van der Waals surface area contributed by atoms with Gasteiger partial charge in [-0.05, 0) is 11.6 Å². The molecule has 4 heteroatoms. The van der Waals surface area contributed by atoms with Gasteiger partial charge in [-0.15, -0.1) is 0 Å². The maximum atomic E-state index is 8.76. The van der Waals surface area contributed by atoms with E-state index in [2.05, 4.69) is 0 Å². The zero-order chi connectivity index (χ0) is 8.27. The Labute approximate surface area is 69.2 Å². The predicted molar refractivity (Wildman–Crippen MR) is 40.4 cm³/mol. The molecule has 1 aromatic heterocycles. The molecule has 0 spiro atoms. The van der Waals surface area contributed by atoms with Crippen LogP contribution in [0.25, 0.3) is 0 Å². The van der Waals surface area contributed by atoms with Gasteiger partial charge in [0.25, 0.3) is 0 Å². The van der Waals surface area contributed by atoms with Gasteiger partial charge in [0, 0.05) is 18.1 Å². The minimum atomic E-state index is -0.106. The van der Waals surface area contributed by atoms with Gasteiger partial charge in [0.2, 0.25) is 0 Å². The van der Waals surface area contributed by atoms with Gasteiger partial charge >= 0.3 is 0 Å². The molecule has 0 bridgehead atoms. The number of furan rings is 1. The average Bonchev–Trinajstić information content (AvgIpc) is 2.32. The molecule has 0 unspecified atom stereocenters. The maximum absolute atomic E-state index is 8.76. The molecule has 0 atom stereocenters. The van der Waals surface area contributed by atoms with E-state index in [4.69, 9.17) is 26.2 Å². The van der Waals surface area contributed by atoms with Crippen molar-refractivity contribution in [3.8, 4) is 0 Å². The van der Waals surface area contributed by atoms with Crippen molar-refractivity contribution in [2.75, 3.05) is 6.61 Å². The fraction of sp³-hybridized carbons (Fsp3) is 0.429. The Bertz CT molecular complexity index is 232. The van der Waals surface area contributed by atoms with Crippen molar-refractivity contribution >= 4 is 11.6 Å². The van der Waals surface area contributed by atoms with E-state index in [9.17, 15) is 0 Å². The molecule has 2 N–H and O–H groups in total. The minimum Gasteiger partial charge on any atom is -0.449 e. The van der Waals surface area contributed by atoms with Crippen LogP contribution in [0.2, 0.25) is 5.22 Å². The third-order valence-electron chi connectivity index (χ3n) is 1.38. The molecule has 1 rings (SSSR count). The van der Waals surface area contributed by atoms with Crippen LogP contribution in [0.3, 0.4) is 0 Å². The maximum Gasteiger partial charge on any atom is 0.193 e. The molecule has 1 aromatic rings. The lowest BCUT2D eigenvalue weighted by Crippen LogP contribution is -1.92. The molecule has 0 radical (unpaired) electrons. The number of aliphatic hydroxyl groups excluding tert-OH is 2. The number of hydrogen-bond donors (Lipinski definition) is 2. The van der Waals surface area contributed by atoms with Crippen LogP contribution in [0, 0.1) is 0 Å². The number of rotatable bonds is 3. The lowest BCUT2D eigenvalue weighted by Gasteiger charge is -1.94. The lowest BCUT2D eigenvalue weighted by atomic mass is 10.2. The summed E-state index contributed by atoms with van der Waals surface area (Å²) in [6, 6.07) is 1.55. The van der Waals surface area contributed by atoms with Crippen molar-refractivity contribution in [3.05, 3.63) is 22.6 Å². The second kappa shape index (κ2) is 3.76. The van der Waals surface area contributed by atoms with E-state index in [-0.39, 0.29) is 18.4 Å². The van der Waals surface area contributed by atoms with Gasteiger partial charge in [-0.25, -0.2) is 0 Å². The summed E-state index contributed by atoms with van der Waals surface area (Å²) in [5.74, 6) is 0.556. The van der Waals surface area contributed by atoms with Crippen molar-refractivity contribution in [1.82, 2.24) is 0 Å². The van der Waals surface area contributed by atoms with E-state index in [0.717, 1.165) is 0 Å². The Kier molecular flexibility index (Phi) is 2.93. The molecule has 0 aliphatic rings. The van der Waals surface area contributed by atoms with E-state index in [1.165, 1.54) is 0 Å². The molecular formula is C7H9ClO3. The fourth-order valence-corrected chi connectivity index (χ4v) is 1.10. The largest absolute Gasteiger partial charge is 0.449 e. The van der Waals surface area contributed by atoms with E-state index in [1.807, 2.05) is 0 Å². The fourth-order valence-electron chi connectivity index (χ4n) is 0.877. The standard InChI is InChI=1S/C7H9ClO3/c8-7-3-5(4-10)6(11-7)1-2-9/h3,9-10H,1-2,4H2. The van der Waals surface area contributed by atoms with Crippen LogP contribution in [-0.2, 0) is 13.0 Å². The van der Waals surface area contributed by atoms with Gasteiger partial charge in [0.1, 0.15) is 5.76 Å². The molecule has 0 aliphatic carbocycles. The molecule has 3 nitrogen and oxygen atoms in total. The van der Waals surface area contributed by atoms with Gasteiger partial charge in [0.05, 0.1) is 13.2 Å². The molecule has 1 heterocycles. The lowest BCUT2D eigenvalue weighted by molar-refractivity contribution is 0.267. The number of hydrogen-bond acceptors (Lipinski definition) is 3. The van der Waals surface area contributed by atoms with Crippen LogP contribution in [-0.4, -0.2) is 16.8 Å². The summed E-state index contributed by atoms with van der Waals surface area (Å²) in [5, 5.41) is 17.6. The summed E-state index contributed by atoms with van der Waals surface area (Å²) >= 11 is 5.52. The Balaban J connectivity index is 2.83. The summed E-state index contributed by atoms with van der Waals surface area (Å²) in [7, 11) is 0. The van der Waals surface area contributed by atoms with Gasteiger partial charge < -0.3 is 14.6 Å². The summed E-state index contributed by atoms with van der Waals surface area (Å²) < 4.78 is 4.99. The van der Waals surface area contributed by atoms with Crippen LogP contribution in [0.15, 0.2) is 10.5 Å². The van der Waals surface area contributed by atoms with Gasteiger partial charge in [-0.2, -0.15) is 0 Å². The van der Waals surface area contributed by atoms with E-state index in [1.54, 1.807) is 6.07 Å². The molecule has 11 heavy (non-hydrogen) atoms. The van der Waals surface area contributed by atoms with Crippen molar-refractivity contribution in [3.63, 3.8) is 0 Å². The van der Waals surface area contributed by atoms with E-state index in [0.29, 0.717) is 17.7 Å². The quantitative estimate of drug-likeness (QED) is 0.722. The van der Waals surface area contributed by atoms with Gasteiger partial charge in [-0.3, -0.25) is 0 Å². The van der Waals surface area contributed by atoms with Crippen LogP contribution in [0.5, 0.6) is 0 Å². The molecule has 0 amide bonds. The van der Waals surface area contributed by atoms with Crippen molar-refractivity contribution in [2.45, 2.75) is 13.0 Å². The summed E-state index contributed by atoms with van der Waals surface area (Å²) in [6.45, 7) is -0.109. The Morgan fingerprint density at radius 1 is 1.45 bits per heavy atom. The first-order chi connectivity index (χ1) is 5.27. The molecule has 62 valence electrons. The Hall–Kier alpha value is -0.510. The smallest absolute Gasteiger partial charge is 0.193 e. The first-order valence-electron chi connectivity index (χ1n) is 3.26. The van der Waals surface area contributed by atoms with Crippen LogP contribution in [0.4, 0.5) is 0 Å². The Morgan fingerprint density at radius 2 is 2.18 bits per heavy atom. The molecule has 0 aliphatic heterocycles. The summed E-state index contributed by atoms with van der Waals surface area (Å²) in [5.41, 5.74) is 0.643. The van der Waals surface area contributed by atoms with E-state index < -0.39 is 0 Å². The highest BCUT2D eigenvalue weighted by Crippen LogP contribution is 2.19. The first kappa shape index (κ1) is 8.59.